The second-order valence-electron chi connectivity index (χ2n) is 2.36. The van der Waals surface area contributed by atoms with E-state index in [2.05, 4.69) is 20.4 Å². The van der Waals surface area contributed by atoms with Crippen LogP contribution < -0.4 is 0 Å². The van der Waals surface area contributed by atoms with Gasteiger partial charge in [0, 0.05) is 5.10 Å². The lowest BCUT2D eigenvalue weighted by atomic mass is 10.4. The largest absolute Gasteiger partial charge is 0.491 e. The quantitative estimate of drug-likeness (QED) is 0.227. The highest BCUT2D eigenvalue weighted by atomic mass is 16.6. The Morgan fingerprint density at radius 2 is 2.27 bits per heavy atom. The Kier molecular flexibility index (Phi) is 2.91. The van der Waals surface area contributed by atoms with E-state index in [0.717, 1.165) is 11.0 Å². The zero-order chi connectivity index (χ0) is 11.4. The average molecular weight is 214 g/mol. The van der Waals surface area contributed by atoms with Crippen LogP contribution in [-0.2, 0) is 0 Å². The van der Waals surface area contributed by atoms with Gasteiger partial charge in [0.2, 0.25) is 12.2 Å². The average Bonchev–Trinajstić information content (AvgIpc) is 2.68. The molecule has 0 aliphatic carbocycles. The van der Waals surface area contributed by atoms with Crippen molar-refractivity contribution in [3.05, 3.63) is 16.4 Å². The molecule has 10 nitrogen and oxygen atoms in total. The van der Waals surface area contributed by atoms with E-state index in [1.54, 1.807) is 0 Å². The molecule has 0 atom stereocenters. The van der Waals surface area contributed by atoms with Gasteiger partial charge in [0.05, 0.1) is 0 Å². The maximum Gasteiger partial charge on any atom is 0.491 e. The van der Waals surface area contributed by atoms with Gasteiger partial charge in [-0.15, -0.1) is 4.68 Å². The minimum Gasteiger partial charge on any atom is -0.411 e. The van der Waals surface area contributed by atoms with Gasteiger partial charge in [-0.3, -0.25) is 0 Å². The molecule has 10 heteroatoms. The third-order valence-corrected chi connectivity index (χ3v) is 1.43. The van der Waals surface area contributed by atoms with E-state index < -0.39 is 10.9 Å². The van der Waals surface area contributed by atoms with Crippen LogP contribution in [-0.4, -0.2) is 41.6 Å². The SMILES string of the molecule is CC(=N\O)/C(=N\O)n1cnc([N+](=O)[O-])n1. The van der Waals surface area contributed by atoms with Gasteiger partial charge in [-0.1, -0.05) is 15.3 Å². The molecule has 0 amide bonds. The fourth-order valence-electron chi connectivity index (χ4n) is 0.769. The first-order valence-corrected chi connectivity index (χ1v) is 3.57. The Balaban J connectivity index is 3.10. The van der Waals surface area contributed by atoms with Gasteiger partial charge in [-0.2, -0.15) is 0 Å². The number of nitro groups is 1. The fourth-order valence-corrected chi connectivity index (χ4v) is 0.769. The Bertz CT molecular complexity index is 434. The first kappa shape index (κ1) is 10.6. The Morgan fingerprint density at radius 3 is 2.67 bits per heavy atom. The predicted molar refractivity (Wildman–Crippen MR) is 46.2 cm³/mol. The van der Waals surface area contributed by atoms with Crippen molar-refractivity contribution in [2.45, 2.75) is 6.92 Å². The number of nitrogens with zero attached hydrogens (tertiary/aromatic N) is 6. The maximum atomic E-state index is 10.2. The zero-order valence-corrected chi connectivity index (χ0v) is 7.47. The van der Waals surface area contributed by atoms with E-state index >= 15 is 0 Å². The molecule has 80 valence electrons. The molecule has 0 aliphatic heterocycles. The van der Waals surface area contributed by atoms with Crippen LogP contribution in [0.5, 0.6) is 0 Å². The van der Waals surface area contributed by atoms with Crippen molar-refractivity contribution in [2.75, 3.05) is 0 Å². The van der Waals surface area contributed by atoms with Crippen molar-refractivity contribution >= 4 is 17.5 Å². The van der Waals surface area contributed by atoms with Crippen LogP contribution in [0, 0.1) is 10.1 Å². The molecule has 0 saturated carbocycles. The summed E-state index contributed by atoms with van der Waals surface area (Å²) in [5, 5.41) is 36.1. The molecule has 0 unspecified atom stereocenters. The van der Waals surface area contributed by atoms with Crippen LogP contribution in [0.1, 0.15) is 6.92 Å². The van der Waals surface area contributed by atoms with Crippen LogP contribution in [0.3, 0.4) is 0 Å². The molecule has 0 spiro atoms. The third kappa shape index (κ3) is 2.04. The molecule has 0 radical (unpaired) electrons. The standard InChI is InChI=1S/C5H6N6O4/c1-3(8-12)4(9-13)10-2-6-5(7-10)11(14)15/h2,12-13H,1H3/b8-3+,9-4+. The maximum absolute atomic E-state index is 10.2. The van der Waals surface area contributed by atoms with Gasteiger partial charge in [0.15, 0.2) is 0 Å². The van der Waals surface area contributed by atoms with E-state index in [1.807, 2.05) is 0 Å². The number of rotatable bonds is 2. The smallest absolute Gasteiger partial charge is 0.411 e. The Hall–Kier alpha value is -2.52. The van der Waals surface area contributed by atoms with Gasteiger partial charge in [0.25, 0.3) is 0 Å². The second kappa shape index (κ2) is 4.13. The molecule has 15 heavy (non-hydrogen) atoms. The summed E-state index contributed by atoms with van der Waals surface area (Å²) in [7, 11) is 0. The van der Waals surface area contributed by atoms with Gasteiger partial charge in [-0.25, -0.2) is 0 Å². The molecule has 1 heterocycles. The summed E-state index contributed by atoms with van der Waals surface area (Å²) >= 11 is 0. The molecule has 1 aromatic heterocycles. The lowest BCUT2D eigenvalue weighted by Crippen LogP contribution is -2.21. The fraction of sp³-hybridized carbons (Fsp3) is 0.200. The molecule has 1 aromatic rings. The van der Waals surface area contributed by atoms with Gasteiger partial charge in [0.1, 0.15) is 5.71 Å². The lowest BCUT2D eigenvalue weighted by molar-refractivity contribution is -0.394. The van der Waals surface area contributed by atoms with Crippen LogP contribution >= 0.6 is 0 Å². The third-order valence-electron chi connectivity index (χ3n) is 1.43. The van der Waals surface area contributed by atoms with E-state index in [9.17, 15) is 10.1 Å². The summed E-state index contributed by atoms with van der Waals surface area (Å²) in [5.74, 6) is -0.917. The van der Waals surface area contributed by atoms with Crippen molar-refractivity contribution in [1.29, 1.82) is 0 Å². The van der Waals surface area contributed by atoms with E-state index in [4.69, 9.17) is 10.4 Å². The normalized spacial score (nSPS) is 12.9. The molecular formula is C5H6N6O4. The summed E-state index contributed by atoms with van der Waals surface area (Å²) < 4.78 is 0.813. The minimum atomic E-state index is -0.809. The summed E-state index contributed by atoms with van der Waals surface area (Å²) in [6.07, 6.45) is 0.960. The van der Waals surface area contributed by atoms with Crippen LogP contribution in [0.4, 0.5) is 5.95 Å². The number of hydrogen-bond donors (Lipinski definition) is 2. The van der Waals surface area contributed by atoms with Crippen molar-refractivity contribution < 1.29 is 15.3 Å². The van der Waals surface area contributed by atoms with E-state index in [-0.39, 0.29) is 11.5 Å². The summed E-state index contributed by atoms with van der Waals surface area (Å²) in [6.45, 7) is 1.32. The summed E-state index contributed by atoms with van der Waals surface area (Å²) in [5.41, 5.74) is -0.0719. The Morgan fingerprint density at radius 1 is 1.60 bits per heavy atom. The Labute approximate surface area is 82.3 Å². The molecule has 2 N–H and O–H groups in total. The number of hydrogen-bond acceptors (Lipinski definition) is 8. The minimum absolute atomic E-state index is 0.0719. The predicted octanol–water partition coefficient (Wildman–Crippen LogP) is -0.328. The molecule has 0 aliphatic rings. The lowest BCUT2D eigenvalue weighted by Gasteiger charge is -1.95. The molecular weight excluding hydrogens is 208 g/mol. The second-order valence-corrected chi connectivity index (χ2v) is 2.36. The topological polar surface area (TPSA) is 139 Å². The molecule has 0 fully saturated rings. The van der Waals surface area contributed by atoms with Crippen molar-refractivity contribution in [3.63, 3.8) is 0 Å². The molecule has 0 saturated heterocycles. The van der Waals surface area contributed by atoms with E-state index in [1.165, 1.54) is 6.92 Å². The van der Waals surface area contributed by atoms with Gasteiger partial charge < -0.3 is 20.5 Å². The monoisotopic (exact) mass is 214 g/mol. The molecule has 1 rings (SSSR count). The van der Waals surface area contributed by atoms with E-state index in [0.29, 0.717) is 0 Å². The van der Waals surface area contributed by atoms with Crippen molar-refractivity contribution in [3.8, 4) is 0 Å². The number of aromatic nitrogens is 3. The first-order valence-electron chi connectivity index (χ1n) is 3.57. The highest BCUT2D eigenvalue weighted by Gasteiger charge is 2.19. The first-order chi connectivity index (χ1) is 7.10. The van der Waals surface area contributed by atoms with Crippen molar-refractivity contribution in [1.82, 2.24) is 14.8 Å². The van der Waals surface area contributed by atoms with Crippen LogP contribution in [0.25, 0.3) is 0 Å². The number of oxime groups is 2. The highest BCUT2D eigenvalue weighted by molar-refractivity contribution is 6.40. The summed E-state index contributed by atoms with van der Waals surface area (Å²) in [6, 6.07) is 0. The zero-order valence-electron chi connectivity index (χ0n) is 7.47. The van der Waals surface area contributed by atoms with Gasteiger partial charge in [-0.05, 0) is 11.8 Å². The van der Waals surface area contributed by atoms with Crippen LogP contribution in [0.15, 0.2) is 16.6 Å². The molecule has 0 aromatic carbocycles. The van der Waals surface area contributed by atoms with Crippen LogP contribution in [0.2, 0.25) is 0 Å². The summed E-state index contributed by atoms with van der Waals surface area (Å²) in [4.78, 5) is 12.8. The van der Waals surface area contributed by atoms with Gasteiger partial charge >= 0.3 is 5.95 Å². The highest BCUT2D eigenvalue weighted by Crippen LogP contribution is 2.00. The van der Waals surface area contributed by atoms with Crippen molar-refractivity contribution in [2.24, 2.45) is 10.3 Å². The molecule has 0 bridgehead atoms.